The molecule has 0 aromatic carbocycles. The van der Waals surface area contributed by atoms with Gasteiger partial charge in [-0.25, -0.2) is 13.8 Å². The smallest absolute Gasteiger partial charge is 0.265 e. The zero-order valence-corrected chi connectivity index (χ0v) is 20.3. The number of nitrogens with one attached hydrogen (secondary N) is 1. The second-order valence-electron chi connectivity index (χ2n) is 9.52. The highest BCUT2D eigenvalue weighted by molar-refractivity contribution is 6.04. The molecule has 0 spiro atoms. The Hall–Kier alpha value is -3.68. The van der Waals surface area contributed by atoms with Gasteiger partial charge in [0.1, 0.15) is 5.82 Å². The van der Waals surface area contributed by atoms with Crippen LogP contribution in [0.5, 0.6) is 0 Å². The van der Waals surface area contributed by atoms with Gasteiger partial charge in [-0.1, -0.05) is 0 Å². The van der Waals surface area contributed by atoms with Crippen LogP contribution in [0.15, 0.2) is 55.1 Å². The summed E-state index contributed by atoms with van der Waals surface area (Å²) in [7, 11) is 0. The summed E-state index contributed by atoms with van der Waals surface area (Å²) in [5.41, 5.74) is 0.871. The predicted octanol–water partition coefficient (Wildman–Crippen LogP) is 4.49. The van der Waals surface area contributed by atoms with E-state index in [0.717, 1.165) is 63.9 Å². The van der Waals surface area contributed by atoms with Gasteiger partial charge in [-0.3, -0.25) is 14.7 Å². The van der Waals surface area contributed by atoms with Gasteiger partial charge in [-0.15, -0.1) is 0 Å². The van der Waals surface area contributed by atoms with E-state index in [0.29, 0.717) is 23.1 Å². The Morgan fingerprint density at radius 2 is 1.89 bits per heavy atom. The molecule has 0 radical (unpaired) electrons. The summed E-state index contributed by atoms with van der Waals surface area (Å²) >= 11 is 0. The van der Waals surface area contributed by atoms with Crippen molar-refractivity contribution in [3.63, 3.8) is 0 Å². The molecule has 10 heteroatoms. The molecule has 192 valence electrons. The van der Waals surface area contributed by atoms with Gasteiger partial charge < -0.3 is 14.6 Å². The van der Waals surface area contributed by atoms with Gasteiger partial charge in [0.2, 0.25) is 0 Å². The van der Waals surface area contributed by atoms with E-state index in [1.54, 1.807) is 35.3 Å². The number of morpholine rings is 1. The Bertz CT molecular complexity index is 1260. The SMILES string of the molecule is N#CC1(c2ccc(NC(=O)c3ccn(-c4ccc(C(F)F)cn4)c3)cn2)CCC(N2CCOCC2)CC1. The number of pyridine rings is 2. The number of amides is 1. The summed E-state index contributed by atoms with van der Waals surface area (Å²) in [5, 5.41) is 12.9. The Morgan fingerprint density at radius 3 is 2.51 bits per heavy atom. The number of carbonyl (C=O) groups excluding carboxylic acids is 1. The number of rotatable bonds is 6. The monoisotopic (exact) mass is 506 g/mol. The van der Waals surface area contributed by atoms with Crippen molar-refractivity contribution in [3.8, 4) is 11.9 Å². The molecule has 0 atom stereocenters. The molecule has 1 saturated heterocycles. The fraction of sp³-hybridized carbons (Fsp3) is 0.407. The average molecular weight is 507 g/mol. The second-order valence-corrected chi connectivity index (χ2v) is 9.52. The largest absolute Gasteiger partial charge is 0.379 e. The van der Waals surface area contributed by atoms with Crippen LogP contribution in [0, 0.1) is 11.3 Å². The van der Waals surface area contributed by atoms with Gasteiger partial charge >= 0.3 is 0 Å². The lowest BCUT2D eigenvalue weighted by molar-refractivity contribution is 0.00493. The first-order valence-corrected chi connectivity index (χ1v) is 12.4. The summed E-state index contributed by atoms with van der Waals surface area (Å²) < 4.78 is 32.6. The van der Waals surface area contributed by atoms with E-state index in [9.17, 15) is 18.8 Å². The minimum Gasteiger partial charge on any atom is -0.379 e. The number of hydrogen-bond acceptors (Lipinski definition) is 6. The van der Waals surface area contributed by atoms with E-state index in [4.69, 9.17) is 4.74 Å². The molecular formula is C27H28F2N6O2. The van der Waals surface area contributed by atoms with Crippen LogP contribution in [0.2, 0.25) is 0 Å². The Kier molecular flexibility index (Phi) is 7.26. The van der Waals surface area contributed by atoms with Crippen molar-refractivity contribution in [3.05, 3.63) is 71.9 Å². The molecule has 3 aromatic rings. The molecule has 2 fully saturated rings. The van der Waals surface area contributed by atoms with Crippen molar-refractivity contribution in [1.82, 2.24) is 19.4 Å². The van der Waals surface area contributed by atoms with Gasteiger partial charge in [0.25, 0.3) is 12.3 Å². The normalized spacial score (nSPS) is 22.5. The van der Waals surface area contributed by atoms with E-state index in [-0.39, 0.29) is 11.5 Å². The molecule has 1 amide bonds. The Labute approximate surface area is 213 Å². The highest BCUT2D eigenvalue weighted by Gasteiger charge is 2.40. The Morgan fingerprint density at radius 1 is 1.11 bits per heavy atom. The number of aromatic nitrogens is 3. The maximum atomic E-state index is 12.8. The van der Waals surface area contributed by atoms with Crippen LogP contribution in [0.25, 0.3) is 5.82 Å². The van der Waals surface area contributed by atoms with Crippen LogP contribution in [-0.2, 0) is 10.2 Å². The van der Waals surface area contributed by atoms with Crippen molar-refractivity contribution in [2.45, 2.75) is 43.6 Å². The number of halogens is 2. The molecule has 1 N–H and O–H groups in total. The van der Waals surface area contributed by atoms with Crippen LogP contribution in [0.3, 0.4) is 0 Å². The number of hydrogen-bond donors (Lipinski definition) is 1. The molecule has 1 aliphatic heterocycles. The third-order valence-electron chi connectivity index (χ3n) is 7.34. The zero-order valence-electron chi connectivity index (χ0n) is 20.3. The summed E-state index contributed by atoms with van der Waals surface area (Å²) in [6.07, 6.45) is 6.76. The van der Waals surface area contributed by atoms with E-state index in [2.05, 4.69) is 26.3 Å². The third kappa shape index (κ3) is 5.38. The summed E-state index contributed by atoms with van der Waals surface area (Å²) in [4.78, 5) is 23.8. The number of nitrogens with zero attached hydrogens (tertiary/aromatic N) is 5. The van der Waals surface area contributed by atoms with Crippen molar-refractivity contribution < 1.29 is 18.3 Å². The average Bonchev–Trinajstić information content (AvgIpc) is 3.45. The molecule has 1 aliphatic carbocycles. The summed E-state index contributed by atoms with van der Waals surface area (Å²) in [6.45, 7) is 3.43. The predicted molar refractivity (Wildman–Crippen MR) is 133 cm³/mol. The van der Waals surface area contributed by atoms with E-state index < -0.39 is 11.8 Å². The lowest BCUT2D eigenvalue weighted by atomic mass is 9.71. The van der Waals surface area contributed by atoms with Crippen LogP contribution in [0.1, 0.15) is 53.7 Å². The quantitative estimate of drug-likeness (QED) is 0.529. The number of carbonyl (C=O) groups is 1. The van der Waals surface area contributed by atoms with Crippen molar-refractivity contribution in [2.24, 2.45) is 0 Å². The molecule has 8 nitrogen and oxygen atoms in total. The molecule has 0 unspecified atom stereocenters. The number of nitriles is 1. The van der Waals surface area contributed by atoms with Gasteiger partial charge in [0.05, 0.1) is 47.8 Å². The van der Waals surface area contributed by atoms with Crippen LogP contribution in [0.4, 0.5) is 14.5 Å². The minimum atomic E-state index is -2.58. The van der Waals surface area contributed by atoms with Gasteiger partial charge in [0.15, 0.2) is 0 Å². The highest BCUT2D eigenvalue weighted by Crippen LogP contribution is 2.40. The first-order valence-electron chi connectivity index (χ1n) is 12.4. The number of anilines is 1. The fourth-order valence-corrected chi connectivity index (χ4v) is 5.14. The lowest BCUT2D eigenvalue weighted by Crippen LogP contribution is -2.47. The van der Waals surface area contributed by atoms with Crippen LogP contribution >= 0.6 is 0 Å². The van der Waals surface area contributed by atoms with Crippen LogP contribution < -0.4 is 5.32 Å². The van der Waals surface area contributed by atoms with Crippen molar-refractivity contribution in [1.29, 1.82) is 5.26 Å². The summed E-state index contributed by atoms with van der Waals surface area (Å²) in [5.74, 6) is 0.0955. The molecule has 4 heterocycles. The van der Waals surface area contributed by atoms with Gasteiger partial charge in [-0.05, 0) is 56.0 Å². The molecule has 0 bridgehead atoms. The molecule has 2 aliphatic rings. The first-order chi connectivity index (χ1) is 18.0. The Balaban J connectivity index is 1.21. The molecule has 3 aromatic heterocycles. The lowest BCUT2D eigenvalue weighted by Gasteiger charge is -2.41. The van der Waals surface area contributed by atoms with E-state index >= 15 is 0 Å². The zero-order chi connectivity index (χ0) is 25.8. The molecular weight excluding hydrogens is 478 g/mol. The second kappa shape index (κ2) is 10.7. The first kappa shape index (κ1) is 25.0. The fourth-order valence-electron chi connectivity index (χ4n) is 5.14. The minimum absolute atomic E-state index is 0.159. The maximum Gasteiger partial charge on any atom is 0.265 e. The molecule has 5 rings (SSSR count). The van der Waals surface area contributed by atoms with E-state index in [1.807, 2.05) is 6.07 Å². The molecule has 37 heavy (non-hydrogen) atoms. The van der Waals surface area contributed by atoms with Crippen molar-refractivity contribution in [2.75, 3.05) is 31.6 Å². The van der Waals surface area contributed by atoms with Crippen molar-refractivity contribution >= 4 is 11.6 Å². The topological polar surface area (TPSA) is 96.1 Å². The number of ether oxygens (including phenoxy) is 1. The molecule has 1 saturated carbocycles. The van der Waals surface area contributed by atoms with E-state index in [1.165, 1.54) is 12.1 Å². The third-order valence-corrected chi connectivity index (χ3v) is 7.34. The van der Waals surface area contributed by atoms with Gasteiger partial charge in [-0.2, -0.15) is 5.26 Å². The standard InChI is InChI=1S/C27H28F2N6O2/c28-25(29)19-1-4-24(32-15-19)35-10-7-20(17-35)26(36)33-21-2-3-23(31-16-21)27(18-30)8-5-22(6-9-27)34-11-13-37-14-12-34/h1-4,7,10,15-17,22,25H,5-6,8-9,11-14H2,(H,33,36). The number of alkyl halides is 2. The summed E-state index contributed by atoms with van der Waals surface area (Å²) in [6, 6.07) is 11.0. The maximum absolute atomic E-state index is 12.8. The van der Waals surface area contributed by atoms with Crippen LogP contribution in [-0.4, -0.2) is 57.7 Å². The van der Waals surface area contributed by atoms with Gasteiger partial charge in [0, 0.05) is 43.3 Å². The highest BCUT2D eigenvalue weighted by atomic mass is 19.3.